The van der Waals surface area contributed by atoms with E-state index in [2.05, 4.69) is 33.1 Å². The van der Waals surface area contributed by atoms with Crippen LogP contribution in [-0.4, -0.2) is 10.1 Å². The Bertz CT molecular complexity index is 560. The minimum absolute atomic E-state index is 0.0143. The molecule has 3 rings (SSSR count). The summed E-state index contributed by atoms with van der Waals surface area (Å²) >= 11 is 7.28. The highest BCUT2D eigenvalue weighted by Crippen LogP contribution is 2.40. The van der Waals surface area contributed by atoms with Crippen LogP contribution in [0.3, 0.4) is 0 Å². The lowest BCUT2D eigenvalue weighted by Gasteiger charge is -2.31. The van der Waals surface area contributed by atoms with Gasteiger partial charge in [-0.15, -0.1) is 11.3 Å². The maximum Gasteiger partial charge on any atom is 0.171 e. The molecule has 0 aromatic carbocycles. The highest BCUT2D eigenvalue weighted by atomic mass is 32.1. The van der Waals surface area contributed by atoms with Gasteiger partial charge in [0.2, 0.25) is 0 Å². The monoisotopic (exact) mass is 303 g/mol. The zero-order valence-corrected chi connectivity index (χ0v) is 12.8. The SMILES string of the molecule is S=C(Nc1cccnc1)NC1(c2cccs2)CCCC1. The van der Waals surface area contributed by atoms with E-state index < -0.39 is 0 Å². The number of thiocarbonyl (C=S) groups is 1. The van der Waals surface area contributed by atoms with Crippen molar-refractivity contribution in [1.29, 1.82) is 0 Å². The number of pyridine rings is 1. The van der Waals surface area contributed by atoms with Crippen molar-refractivity contribution < 1.29 is 0 Å². The molecule has 104 valence electrons. The molecule has 1 aliphatic rings. The Morgan fingerprint density at radius 3 is 2.75 bits per heavy atom. The molecular formula is C15H17N3S2. The molecule has 1 aliphatic carbocycles. The van der Waals surface area contributed by atoms with Gasteiger partial charge in [0.05, 0.1) is 17.4 Å². The van der Waals surface area contributed by atoms with Crippen LogP contribution < -0.4 is 10.6 Å². The lowest BCUT2D eigenvalue weighted by atomic mass is 9.96. The van der Waals surface area contributed by atoms with Gasteiger partial charge in [0, 0.05) is 11.1 Å². The highest BCUT2D eigenvalue weighted by molar-refractivity contribution is 7.80. The van der Waals surface area contributed by atoms with E-state index in [-0.39, 0.29) is 5.54 Å². The van der Waals surface area contributed by atoms with E-state index in [4.69, 9.17) is 12.2 Å². The van der Waals surface area contributed by atoms with Crippen LogP contribution in [0.1, 0.15) is 30.6 Å². The van der Waals surface area contributed by atoms with Crippen LogP contribution >= 0.6 is 23.6 Å². The summed E-state index contributed by atoms with van der Waals surface area (Å²) in [5.74, 6) is 0. The van der Waals surface area contributed by atoms with Gasteiger partial charge in [-0.1, -0.05) is 18.9 Å². The van der Waals surface area contributed by atoms with E-state index in [1.165, 1.54) is 17.7 Å². The molecule has 2 aromatic heterocycles. The Labute approximate surface area is 128 Å². The van der Waals surface area contributed by atoms with E-state index in [0.717, 1.165) is 18.5 Å². The van der Waals surface area contributed by atoms with Crippen LogP contribution in [0.15, 0.2) is 42.0 Å². The number of hydrogen-bond donors (Lipinski definition) is 2. The van der Waals surface area contributed by atoms with Crippen molar-refractivity contribution in [2.24, 2.45) is 0 Å². The van der Waals surface area contributed by atoms with Crippen LogP contribution in [0, 0.1) is 0 Å². The van der Waals surface area contributed by atoms with Gasteiger partial charge >= 0.3 is 0 Å². The van der Waals surface area contributed by atoms with E-state index >= 15 is 0 Å². The molecule has 0 aliphatic heterocycles. The number of anilines is 1. The fourth-order valence-electron chi connectivity index (χ4n) is 2.78. The van der Waals surface area contributed by atoms with Gasteiger partial charge in [-0.2, -0.15) is 0 Å². The second-order valence-corrected chi connectivity index (χ2v) is 6.44. The number of thiophene rings is 1. The smallest absolute Gasteiger partial charge is 0.171 e. The first-order valence-electron chi connectivity index (χ1n) is 6.82. The van der Waals surface area contributed by atoms with Crippen molar-refractivity contribution >= 4 is 34.4 Å². The van der Waals surface area contributed by atoms with Crippen molar-refractivity contribution in [2.45, 2.75) is 31.2 Å². The number of rotatable bonds is 3. The van der Waals surface area contributed by atoms with Crippen molar-refractivity contribution in [1.82, 2.24) is 10.3 Å². The van der Waals surface area contributed by atoms with E-state index in [0.29, 0.717) is 5.11 Å². The van der Waals surface area contributed by atoms with Gasteiger partial charge in [0.25, 0.3) is 0 Å². The zero-order chi connectivity index (χ0) is 13.8. The molecule has 0 amide bonds. The van der Waals surface area contributed by atoms with Gasteiger partial charge in [-0.3, -0.25) is 4.98 Å². The third-order valence-corrected chi connectivity index (χ3v) is 5.00. The van der Waals surface area contributed by atoms with Gasteiger partial charge in [-0.05, 0) is 48.6 Å². The van der Waals surface area contributed by atoms with Crippen molar-refractivity contribution in [3.05, 3.63) is 46.9 Å². The molecule has 20 heavy (non-hydrogen) atoms. The van der Waals surface area contributed by atoms with Crippen molar-refractivity contribution in [2.75, 3.05) is 5.32 Å². The van der Waals surface area contributed by atoms with E-state index in [1.54, 1.807) is 23.7 Å². The Morgan fingerprint density at radius 2 is 2.10 bits per heavy atom. The molecule has 5 heteroatoms. The molecule has 0 saturated heterocycles. The van der Waals surface area contributed by atoms with Crippen LogP contribution in [0.2, 0.25) is 0 Å². The minimum atomic E-state index is 0.0143. The first-order chi connectivity index (χ1) is 9.78. The second kappa shape index (κ2) is 5.89. The summed E-state index contributed by atoms with van der Waals surface area (Å²) in [6.45, 7) is 0. The maximum absolute atomic E-state index is 5.47. The van der Waals surface area contributed by atoms with Crippen LogP contribution in [-0.2, 0) is 5.54 Å². The lowest BCUT2D eigenvalue weighted by molar-refractivity contribution is 0.417. The largest absolute Gasteiger partial charge is 0.352 e. The van der Waals surface area contributed by atoms with E-state index in [1.807, 2.05) is 12.1 Å². The number of nitrogens with one attached hydrogen (secondary N) is 2. The third kappa shape index (κ3) is 2.83. The fraction of sp³-hybridized carbons (Fsp3) is 0.333. The summed E-state index contributed by atoms with van der Waals surface area (Å²) in [5.41, 5.74) is 0.935. The van der Waals surface area contributed by atoms with Gasteiger partial charge in [0.1, 0.15) is 0 Å². The molecule has 0 spiro atoms. The topological polar surface area (TPSA) is 37.0 Å². The highest BCUT2D eigenvalue weighted by Gasteiger charge is 2.37. The Balaban J connectivity index is 1.73. The van der Waals surface area contributed by atoms with E-state index in [9.17, 15) is 0 Å². The van der Waals surface area contributed by atoms with Gasteiger partial charge in [0.15, 0.2) is 5.11 Å². The summed E-state index contributed by atoms with van der Waals surface area (Å²) in [7, 11) is 0. The Kier molecular flexibility index (Phi) is 3.98. The van der Waals surface area contributed by atoms with Crippen LogP contribution in [0.25, 0.3) is 0 Å². The number of hydrogen-bond acceptors (Lipinski definition) is 3. The first kappa shape index (κ1) is 13.5. The summed E-state index contributed by atoms with van der Waals surface area (Å²) in [4.78, 5) is 5.47. The lowest BCUT2D eigenvalue weighted by Crippen LogP contribution is -2.45. The molecule has 0 bridgehead atoms. The number of aromatic nitrogens is 1. The molecule has 1 saturated carbocycles. The standard InChI is InChI=1S/C15H17N3S2/c19-14(17-12-5-3-9-16-11-12)18-15(7-1-2-8-15)13-6-4-10-20-13/h3-6,9-11H,1-2,7-8H2,(H2,17,18,19). The third-order valence-electron chi connectivity index (χ3n) is 3.72. The summed E-state index contributed by atoms with van der Waals surface area (Å²) in [6.07, 6.45) is 8.32. The molecule has 2 aromatic rings. The molecule has 3 nitrogen and oxygen atoms in total. The molecule has 0 radical (unpaired) electrons. The van der Waals surface area contributed by atoms with Crippen molar-refractivity contribution in [3.63, 3.8) is 0 Å². The van der Waals surface area contributed by atoms with Gasteiger partial charge in [-0.25, -0.2) is 0 Å². The minimum Gasteiger partial charge on any atom is -0.352 e. The number of nitrogens with zero attached hydrogens (tertiary/aromatic N) is 1. The predicted molar refractivity (Wildman–Crippen MR) is 88.1 cm³/mol. The van der Waals surface area contributed by atoms with Gasteiger partial charge < -0.3 is 10.6 Å². The normalized spacial score (nSPS) is 16.8. The molecule has 0 unspecified atom stereocenters. The zero-order valence-electron chi connectivity index (χ0n) is 11.1. The average molecular weight is 303 g/mol. The summed E-state index contributed by atoms with van der Waals surface area (Å²) < 4.78 is 0. The van der Waals surface area contributed by atoms with Crippen molar-refractivity contribution in [3.8, 4) is 0 Å². The summed E-state index contributed by atoms with van der Waals surface area (Å²) in [6, 6.07) is 8.18. The molecule has 2 N–H and O–H groups in total. The molecule has 0 atom stereocenters. The fourth-order valence-corrected chi connectivity index (χ4v) is 4.03. The second-order valence-electron chi connectivity index (χ2n) is 5.09. The quantitative estimate of drug-likeness (QED) is 0.843. The molecule has 2 heterocycles. The molecule has 1 fully saturated rings. The average Bonchev–Trinajstić information content (AvgIpc) is 3.10. The predicted octanol–water partition coefficient (Wildman–Crippen LogP) is 3.90. The maximum atomic E-state index is 5.47. The summed E-state index contributed by atoms with van der Waals surface area (Å²) in [5, 5.41) is 9.57. The first-order valence-corrected chi connectivity index (χ1v) is 8.10. The Morgan fingerprint density at radius 1 is 1.25 bits per heavy atom. The van der Waals surface area contributed by atoms with Crippen LogP contribution in [0.5, 0.6) is 0 Å². The Hall–Kier alpha value is -1.46. The molecular weight excluding hydrogens is 286 g/mol. The van der Waals surface area contributed by atoms with Crippen LogP contribution in [0.4, 0.5) is 5.69 Å².